The third-order valence-corrected chi connectivity index (χ3v) is 13.6. The molecule has 1 aliphatic heterocycles. The molecule has 13 heteroatoms. The Morgan fingerprint density at radius 2 is 1.60 bits per heavy atom. The van der Waals surface area contributed by atoms with E-state index in [1.807, 2.05) is 42.5 Å². The Kier molecular flexibility index (Phi) is 20.1. The van der Waals surface area contributed by atoms with E-state index in [9.17, 15) is 25.1 Å². The highest BCUT2D eigenvalue weighted by Crippen LogP contribution is 2.62. The number of unbranched alkanes of at least 4 members (excludes halogenated alkanes) is 11. The summed E-state index contributed by atoms with van der Waals surface area (Å²) in [7, 11) is 1.74. The van der Waals surface area contributed by atoms with Crippen molar-refractivity contribution in [1.29, 1.82) is 0 Å². The zero-order valence-corrected chi connectivity index (χ0v) is 39.7. The average Bonchev–Trinajstić information content (AvgIpc) is 3.34. The molecule has 6 atom stereocenters. The number of ether oxygens (including phenoxy) is 4. The lowest BCUT2D eigenvalue weighted by atomic mass is 9.55. The summed E-state index contributed by atoms with van der Waals surface area (Å²) < 4.78 is 26.6. The normalized spacial score (nSPS) is 22.2. The number of hydrogen-bond acceptors (Lipinski definition) is 11. The van der Waals surface area contributed by atoms with Gasteiger partial charge in [0, 0.05) is 44.2 Å². The van der Waals surface area contributed by atoms with Crippen molar-refractivity contribution in [3.05, 3.63) is 118 Å². The molecule has 0 aromatic heterocycles. The monoisotopic (exact) mass is 924 g/mol. The highest BCUT2D eigenvalue weighted by Gasteiger charge is 2.65. The molecule has 13 nitrogen and oxygen atoms in total. The molecule has 0 radical (unpaired) electrons. The number of oxime groups is 1. The first-order valence-electron chi connectivity index (χ1n) is 24.8. The number of allylic oxidation sites excluding steroid dienone is 1. The van der Waals surface area contributed by atoms with E-state index >= 15 is 0 Å². The van der Waals surface area contributed by atoms with E-state index in [0.29, 0.717) is 42.4 Å². The van der Waals surface area contributed by atoms with Crippen LogP contribution in [0.25, 0.3) is 0 Å². The van der Waals surface area contributed by atoms with Gasteiger partial charge in [-0.05, 0) is 79.3 Å². The number of fused-ring (bicyclic) bond motifs is 2. The van der Waals surface area contributed by atoms with Crippen LogP contribution in [-0.2, 0) is 20.9 Å². The van der Waals surface area contributed by atoms with Gasteiger partial charge in [0.05, 0.1) is 35.8 Å². The van der Waals surface area contributed by atoms with Crippen molar-refractivity contribution in [3.63, 3.8) is 0 Å². The maximum atomic E-state index is 14.3. The molecule has 6 unspecified atom stereocenters. The average molecular weight is 924 g/mol. The second-order valence-corrected chi connectivity index (χ2v) is 18.3. The van der Waals surface area contributed by atoms with Gasteiger partial charge >= 0.3 is 6.09 Å². The molecule has 0 bridgehead atoms. The topological polar surface area (TPSA) is 162 Å². The number of rotatable bonds is 29. The van der Waals surface area contributed by atoms with Crippen molar-refractivity contribution in [1.82, 2.24) is 4.90 Å². The Morgan fingerprint density at radius 3 is 2.30 bits per heavy atom. The number of aliphatic hydroxyl groups excluding tert-OH is 2. The van der Waals surface area contributed by atoms with Gasteiger partial charge in [-0.1, -0.05) is 131 Å². The predicted molar refractivity (Wildman–Crippen MR) is 260 cm³/mol. The second kappa shape index (κ2) is 26.3. The summed E-state index contributed by atoms with van der Waals surface area (Å²) in [4.78, 5) is 33.3. The van der Waals surface area contributed by atoms with Crippen LogP contribution in [0.4, 0.5) is 10.5 Å². The van der Waals surface area contributed by atoms with E-state index in [0.717, 1.165) is 61.6 Å². The van der Waals surface area contributed by atoms with Crippen LogP contribution in [0.2, 0.25) is 0 Å². The van der Waals surface area contributed by atoms with Crippen LogP contribution in [-0.4, -0.2) is 77.1 Å². The fraction of sp³-hybridized carbons (Fsp3) is 0.556. The molecule has 364 valence electrons. The molecule has 6 rings (SSSR count). The summed E-state index contributed by atoms with van der Waals surface area (Å²) in [5.74, 6) is -0.836. The van der Waals surface area contributed by atoms with Gasteiger partial charge in [0.25, 0.3) is 5.69 Å². The minimum Gasteiger partial charge on any atom is -0.459 e. The Morgan fingerprint density at radius 1 is 0.896 bits per heavy atom. The lowest BCUT2D eigenvalue weighted by Gasteiger charge is -2.59. The van der Waals surface area contributed by atoms with Crippen LogP contribution < -0.4 is 9.47 Å². The number of nitrogens with zero attached hydrogens (tertiary/aromatic N) is 3. The van der Waals surface area contributed by atoms with E-state index < -0.39 is 28.8 Å². The number of nitro groups is 1. The maximum absolute atomic E-state index is 14.3. The first kappa shape index (κ1) is 51.2. The minimum absolute atomic E-state index is 0.000229. The first-order valence-corrected chi connectivity index (χ1v) is 24.8. The fourth-order valence-electron chi connectivity index (χ4n) is 10.3. The molecule has 1 amide bonds. The van der Waals surface area contributed by atoms with Crippen molar-refractivity contribution >= 4 is 17.5 Å². The molecule has 67 heavy (non-hydrogen) atoms. The van der Waals surface area contributed by atoms with E-state index in [4.69, 9.17) is 28.9 Å². The molecule has 3 aromatic rings. The predicted octanol–water partition coefficient (Wildman–Crippen LogP) is 12.2. The van der Waals surface area contributed by atoms with E-state index in [2.05, 4.69) is 19.6 Å². The summed E-state index contributed by atoms with van der Waals surface area (Å²) >= 11 is 0. The highest BCUT2D eigenvalue weighted by atomic mass is 16.7. The smallest absolute Gasteiger partial charge is 0.409 e. The molecule has 1 fully saturated rings. The largest absolute Gasteiger partial charge is 0.459 e. The Hall–Kier alpha value is -5.24. The van der Waals surface area contributed by atoms with Gasteiger partial charge < -0.3 is 38.9 Å². The van der Waals surface area contributed by atoms with Crippen LogP contribution >= 0.6 is 0 Å². The van der Waals surface area contributed by atoms with Gasteiger partial charge in [-0.15, -0.1) is 6.58 Å². The maximum Gasteiger partial charge on any atom is 0.409 e. The first-order chi connectivity index (χ1) is 32.7. The molecule has 3 aromatic carbocycles. The van der Waals surface area contributed by atoms with E-state index in [1.165, 1.54) is 57.1 Å². The SMILES string of the molecule is C=CCOC12Oc3ccc(Oc4cccc([N+](=O)[O-])c4)cc3C3C(CCCCO)C(CCCCO)C=C(C(=NOCc4ccccc4)CC1N(C)C(=O)OCCCCCCCCCCCC)C32. The van der Waals surface area contributed by atoms with Gasteiger partial charge in [-0.3, -0.25) is 10.1 Å². The van der Waals surface area contributed by atoms with E-state index in [1.54, 1.807) is 36.2 Å². The fourth-order valence-corrected chi connectivity index (χ4v) is 10.3. The number of amides is 1. The number of hydrogen-bond donors (Lipinski definition) is 2. The third-order valence-electron chi connectivity index (χ3n) is 13.6. The molecule has 1 heterocycles. The van der Waals surface area contributed by atoms with Gasteiger partial charge in [-0.25, -0.2) is 4.79 Å². The summed E-state index contributed by atoms with van der Waals surface area (Å²) in [5.41, 5.74) is 3.34. The van der Waals surface area contributed by atoms with Crippen LogP contribution in [0.1, 0.15) is 133 Å². The molecule has 1 saturated carbocycles. The summed E-state index contributed by atoms with van der Waals surface area (Å²) in [6, 6.07) is 20.8. The number of benzene rings is 3. The summed E-state index contributed by atoms with van der Waals surface area (Å²) in [5, 5.41) is 36.5. The number of likely N-dealkylation sites (N-methyl/N-ethyl adjacent to an activating group) is 1. The van der Waals surface area contributed by atoms with Gasteiger partial charge in [0.2, 0.25) is 5.79 Å². The number of nitro benzene ring substituents is 1. The number of carbonyl (C=O) groups excluding carboxylic acids is 1. The number of aliphatic hydroxyl groups is 2. The molecule has 0 spiro atoms. The lowest BCUT2D eigenvalue weighted by Crippen LogP contribution is -2.69. The quantitative estimate of drug-likeness (QED) is 0.0296. The number of carbonyl (C=O) groups is 1. The lowest BCUT2D eigenvalue weighted by molar-refractivity contribution is -0.384. The van der Waals surface area contributed by atoms with Crippen molar-refractivity contribution in [2.45, 2.75) is 140 Å². The van der Waals surface area contributed by atoms with Crippen molar-refractivity contribution in [3.8, 4) is 17.2 Å². The van der Waals surface area contributed by atoms with Crippen LogP contribution in [0.15, 0.2) is 102 Å². The Labute approximate surface area is 397 Å². The van der Waals surface area contributed by atoms with E-state index in [-0.39, 0.29) is 56.3 Å². The summed E-state index contributed by atoms with van der Waals surface area (Å²) in [6.45, 7) is 7.07. The molecule has 2 aliphatic carbocycles. The zero-order chi connectivity index (χ0) is 47.4. The molecular formula is C54H73N3O10. The minimum atomic E-state index is -1.44. The molecule has 2 N–H and O–H groups in total. The van der Waals surface area contributed by atoms with Crippen molar-refractivity contribution < 1.29 is 43.7 Å². The van der Waals surface area contributed by atoms with Crippen molar-refractivity contribution in [2.24, 2.45) is 22.9 Å². The van der Waals surface area contributed by atoms with Crippen molar-refractivity contribution in [2.75, 3.05) is 33.5 Å². The Balaban J connectivity index is 1.40. The second-order valence-electron chi connectivity index (χ2n) is 18.3. The highest BCUT2D eigenvalue weighted by molar-refractivity contribution is 6.03. The van der Waals surface area contributed by atoms with Crippen LogP contribution in [0.3, 0.4) is 0 Å². The molecule has 3 aliphatic rings. The third kappa shape index (κ3) is 13.5. The number of non-ortho nitro benzene ring substituents is 1. The zero-order valence-electron chi connectivity index (χ0n) is 39.7. The molecule has 0 saturated heterocycles. The van der Waals surface area contributed by atoms with Crippen LogP contribution in [0, 0.1) is 27.9 Å². The van der Waals surface area contributed by atoms with Gasteiger partial charge in [0.15, 0.2) is 0 Å². The molecular weight excluding hydrogens is 851 g/mol. The Bertz CT molecular complexity index is 2090. The standard InChI is InChI=1S/C54H73N3O10/c1-4-6-7-8-9-10-11-12-13-21-34-63-53(60)56(3)50-38-48(55-65-39-40-23-15-14-16-24-40)46-35-41(25-17-19-31-58)45(28-18-20-32-59)51-47-37-44(66-43-27-22-26-42(36-43)57(61)62)29-30-49(47)67-54(50,52(46)51)64-33-5-2/h5,14-16,22-24,26-27,29-30,35-37,41,45,50-52,58-59H,2,4,6-13,17-21,25,28,31-34,38-39H2,1,3H3. The van der Waals surface area contributed by atoms with Crippen LogP contribution in [0.5, 0.6) is 17.2 Å². The summed E-state index contributed by atoms with van der Waals surface area (Å²) in [6.07, 6.45) is 19.9. The van der Waals surface area contributed by atoms with Gasteiger partial charge in [-0.2, -0.15) is 0 Å². The van der Waals surface area contributed by atoms with Gasteiger partial charge in [0.1, 0.15) is 29.9 Å².